The first-order valence-electron chi connectivity index (χ1n) is 3.80. The highest BCUT2D eigenvalue weighted by Crippen LogP contribution is 2.32. The molecule has 0 aromatic rings. The van der Waals surface area contributed by atoms with Gasteiger partial charge in [-0.25, -0.2) is 0 Å². The highest BCUT2D eigenvalue weighted by atomic mass is 16.3. The second kappa shape index (κ2) is 2.89. The van der Waals surface area contributed by atoms with Crippen molar-refractivity contribution >= 4 is 0 Å². The molecule has 0 amide bonds. The van der Waals surface area contributed by atoms with Crippen LogP contribution in [-0.4, -0.2) is 17.3 Å². The first-order chi connectivity index (χ1) is 4.37. The summed E-state index contributed by atoms with van der Waals surface area (Å²) in [5.41, 5.74) is 4.73. The first kappa shape index (κ1) is 9.92. The molecule has 0 rings (SSSR count). The van der Waals surface area contributed by atoms with E-state index in [0.29, 0.717) is 6.54 Å². The molecule has 0 aromatic heterocycles. The summed E-state index contributed by atoms with van der Waals surface area (Å²) in [6.45, 7) is 8.21. The molecule has 2 heteroatoms. The van der Waals surface area contributed by atoms with Gasteiger partial charge in [-0.05, 0) is 20.3 Å². The van der Waals surface area contributed by atoms with E-state index in [2.05, 4.69) is 0 Å². The largest absolute Gasteiger partial charge is 0.390 e. The second-order valence-corrected chi connectivity index (χ2v) is 3.68. The zero-order valence-corrected chi connectivity index (χ0v) is 7.44. The molecule has 62 valence electrons. The molecule has 3 N–H and O–H groups in total. The molecule has 10 heavy (non-hydrogen) atoms. The van der Waals surface area contributed by atoms with Crippen molar-refractivity contribution in [1.29, 1.82) is 0 Å². The van der Waals surface area contributed by atoms with Crippen molar-refractivity contribution in [2.24, 2.45) is 11.1 Å². The zero-order valence-electron chi connectivity index (χ0n) is 7.44. The van der Waals surface area contributed by atoms with E-state index in [0.717, 1.165) is 6.42 Å². The summed E-state index contributed by atoms with van der Waals surface area (Å²) >= 11 is 0. The third-order valence-electron chi connectivity index (χ3n) is 2.71. The van der Waals surface area contributed by atoms with Crippen molar-refractivity contribution in [2.75, 3.05) is 6.54 Å². The van der Waals surface area contributed by atoms with Crippen molar-refractivity contribution in [1.82, 2.24) is 0 Å². The van der Waals surface area contributed by atoms with E-state index in [4.69, 9.17) is 5.73 Å². The fourth-order valence-electron chi connectivity index (χ4n) is 0.827. The normalized spacial score (nSPS) is 18.6. The van der Waals surface area contributed by atoms with Crippen LogP contribution in [0.3, 0.4) is 0 Å². The van der Waals surface area contributed by atoms with Crippen LogP contribution in [0.25, 0.3) is 0 Å². The second-order valence-electron chi connectivity index (χ2n) is 3.68. The van der Waals surface area contributed by atoms with Crippen molar-refractivity contribution in [3.05, 3.63) is 0 Å². The van der Waals surface area contributed by atoms with Gasteiger partial charge in [0, 0.05) is 12.0 Å². The summed E-state index contributed by atoms with van der Waals surface area (Å²) in [4.78, 5) is 0. The van der Waals surface area contributed by atoms with Gasteiger partial charge in [0.25, 0.3) is 0 Å². The molecule has 0 aliphatic carbocycles. The number of aliphatic hydroxyl groups is 1. The Balaban J connectivity index is 4.33. The average Bonchev–Trinajstić information content (AvgIpc) is 1.84. The van der Waals surface area contributed by atoms with Crippen LogP contribution in [0.1, 0.15) is 34.1 Å². The van der Waals surface area contributed by atoms with Gasteiger partial charge in [-0.15, -0.1) is 0 Å². The van der Waals surface area contributed by atoms with Crippen LogP contribution < -0.4 is 5.73 Å². The van der Waals surface area contributed by atoms with Crippen LogP contribution in [0.2, 0.25) is 0 Å². The van der Waals surface area contributed by atoms with Gasteiger partial charge in [0.05, 0.1) is 5.60 Å². The number of rotatable bonds is 3. The van der Waals surface area contributed by atoms with Gasteiger partial charge in [-0.2, -0.15) is 0 Å². The highest BCUT2D eigenvalue weighted by molar-refractivity contribution is 4.88. The Hall–Kier alpha value is -0.0800. The Kier molecular flexibility index (Phi) is 2.86. The highest BCUT2D eigenvalue weighted by Gasteiger charge is 2.36. The van der Waals surface area contributed by atoms with Crippen molar-refractivity contribution in [3.63, 3.8) is 0 Å². The van der Waals surface area contributed by atoms with E-state index < -0.39 is 5.60 Å². The molecule has 0 aromatic carbocycles. The maximum absolute atomic E-state index is 9.66. The van der Waals surface area contributed by atoms with Crippen LogP contribution in [0.15, 0.2) is 0 Å². The summed E-state index contributed by atoms with van der Waals surface area (Å²) in [5.74, 6) is 0. The van der Waals surface area contributed by atoms with Crippen LogP contribution >= 0.6 is 0 Å². The SMILES string of the molecule is CCC(C)(CN)C(C)(C)O. The van der Waals surface area contributed by atoms with Gasteiger partial charge in [-0.3, -0.25) is 0 Å². The van der Waals surface area contributed by atoms with Gasteiger partial charge in [0.15, 0.2) is 0 Å². The molecule has 1 unspecified atom stereocenters. The minimum Gasteiger partial charge on any atom is -0.390 e. The molecule has 0 fully saturated rings. The van der Waals surface area contributed by atoms with Gasteiger partial charge < -0.3 is 10.8 Å². The van der Waals surface area contributed by atoms with Crippen LogP contribution in [0.5, 0.6) is 0 Å². The first-order valence-corrected chi connectivity index (χ1v) is 3.80. The lowest BCUT2D eigenvalue weighted by Crippen LogP contribution is -2.46. The molecular formula is C8H19NO. The van der Waals surface area contributed by atoms with Crippen LogP contribution in [-0.2, 0) is 0 Å². The van der Waals surface area contributed by atoms with Crippen molar-refractivity contribution < 1.29 is 5.11 Å². The molecule has 0 spiro atoms. The third-order valence-corrected chi connectivity index (χ3v) is 2.71. The predicted molar refractivity (Wildman–Crippen MR) is 43.8 cm³/mol. The summed E-state index contributed by atoms with van der Waals surface area (Å²) in [5, 5.41) is 9.66. The number of hydrogen-bond acceptors (Lipinski definition) is 2. The molecule has 0 saturated heterocycles. The van der Waals surface area contributed by atoms with E-state index in [1.54, 1.807) is 0 Å². The van der Waals surface area contributed by atoms with Gasteiger partial charge in [0.1, 0.15) is 0 Å². The Labute approximate surface area is 63.4 Å². The van der Waals surface area contributed by atoms with Crippen LogP contribution in [0, 0.1) is 5.41 Å². The number of hydrogen-bond donors (Lipinski definition) is 2. The molecule has 0 bridgehead atoms. The molecule has 1 atom stereocenters. The van der Waals surface area contributed by atoms with Crippen molar-refractivity contribution in [3.8, 4) is 0 Å². The fraction of sp³-hybridized carbons (Fsp3) is 1.00. The third kappa shape index (κ3) is 1.70. The van der Waals surface area contributed by atoms with E-state index in [9.17, 15) is 5.11 Å². The van der Waals surface area contributed by atoms with Gasteiger partial charge >= 0.3 is 0 Å². The Morgan fingerprint density at radius 2 is 1.70 bits per heavy atom. The lowest BCUT2D eigenvalue weighted by atomic mass is 9.73. The van der Waals surface area contributed by atoms with Gasteiger partial charge in [0.2, 0.25) is 0 Å². The number of nitrogens with two attached hydrogens (primary N) is 1. The monoisotopic (exact) mass is 145 g/mol. The summed E-state index contributed by atoms with van der Waals surface area (Å²) in [6.07, 6.45) is 0.910. The molecule has 2 nitrogen and oxygen atoms in total. The summed E-state index contributed by atoms with van der Waals surface area (Å²) in [7, 11) is 0. The minimum atomic E-state index is -0.670. The van der Waals surface area contributed by atoms with E-state index >= 15 is 0 Å². The lowest BCUT2D eigenvalue weighted by Gasteiger charge is -2.38. The standard InChI is InChI=1S/C8H19NO/c1-5-8(4,6-9)7(2,3)10/h10H,5-6,9H2,1-4H3. The minimum absolute atomic E-state index is 0.146. The topological polar surface area (TPSA) is 46.2 Å². The molecule has 0 radical (unpaired) electrons. The lowest BCUT2D eigenvalue weighted by molar-refractivity contribution is -0.0422. The quantitative estimate of drug-likeness (QED) is 0.625. The van der Waals surface area contributed by atoms with Crippen molar-refractivity contribution in [2.45, 2.75) is 39.7 Å². The maximum atomic E-state index is 9.66. The Morgan fingerprint density at radius 1 is 1.30 bits per heavy atom. The predicted octanol–water partition coefficient (Wildman–Crippen LogP) is 1.13. The molecule has 0 aliphatic heterocycles. The zero-order chi connectivity index (χ0) is 8.41. The molecule has 0 heterocycles. The van der Waals surface area contributed by atoms with Crippen LogP contribution in [0.4, 0.5) is 0 Å². The van der Waals surface area contributed by atoms with Gasteiger partial charge in [-0.1, -0.05) is 13.8 Å². The molecule has 0 aliphatic rings. The van der Waals surface area contributed by atoms with E-state index in [1.807, 2.05) is 27.7 Å². The molecular weight excluding hydrogens is 126 g/mol. The Morgan fingerprint density at radius 3 is 1.70 bits per heavy atom. The Bertz CT molecular complexity index is 100. The average molecular weight is 145 g/mol. The fourth-order valence-corrected chi connectivity index (χ4v) is 0.827. The summed E-state index contributed by atoms with van der Waals surface area (Å²) < 4.78 is 0. The maximum Gasteiger partial charge on any atom is 0.0657 e. The summed E-state index contributed by atoms with van der Waals surface area (Å²) in [6, 6.07) is 0. The smallest absolute Gasteiger partial charge is 0.0657 e. The van der Waals surface area contributed by atoms with E-state index in [1.165, 1.54) is 0 Å². The van der Waals surface area contributed by atoms with E-state index in [-0.39, 0.29) is 5.41 Å². The molecule has 0 saturated carbocycles.